The van der Waals surface area contributed by atoms with E-state index in [0.29, 0.717) is 6.54 Å². The Hall–Kier alpha value is -1.35. The summed E-state index contributed by atoms with van der Waals surface area (Å²) in [5, 5.41) is 3.03. The van der Waals surface area contributed by atoms with Crippen LogP contribution in [0.3, 0.4) is 0 Å². The van der Waals surface area contributed by atoms with Crippen LogP contribution in [0, 0.1) is 6.92 Å². The van der Waals surface area contributed by atoms with Crippen molar-refractivity contribution in [2.75, 3.05) is 6.54 Å². The molecule has 1 aromatic carbocycles. The van der Waals surface area contributed by atoms with E-state index in [4.69, 9.17) is 5.73 Å². The van der Waals surface area contributed by atoms with Crippen molar-refractivity contribution in [2.45, 2.75) is 39.7 Å². The van der Waals surface area contributed by atoms with Gasteiger partial charge < -0.3 is 11.1 Å². The van der Waals surface area contributed by atoms with Crippen LogP contribution in [-0.2, 0) is 16.8 Å². The highest BCUT2D eigenvalue weighted by molar-refractivity contribution is 5.75. The average Bonchev–Trinajstić information content (AvgIpc) is 2.18. The Kier molecular flexibility index (Phi) is 4.29. The molecule has 0 heterocycles. The summed E-state index contributed by atoms with van der Waals surface area (Å²) < 4.78 is 0. The van der Waals surface area contributed by atoms with E-state index in [1.54, 1.807) is 0 Å². The summed E-state index contributed by atoms with van der Waals surface area (Å²) in [4.78, 5) is 10.6. The molecule has 0 aromatic heterocycles. The van der Waals surface area contributed by atoms with Crippen LogP contribution in [0.2, 0.25) is 0 Å². The van der Waals surface area contributed by atoms with Crippen LogP contribution in [-0.4, -0.2) is 12.5 Å². The first-order valence-electron chi connectivity index (χ1n) is 5.90. The molecule has 3 heteroatoms. The molecule has 0 aliphatic heterocycles. The minimum Gasteiger partial charge on any atom is -0.369 e. The summed E-state index contributed by atoms with van der Waals surface area (Å²) in [6.45, 7) is 9.60. The summed E-state index contributed by atoms with van der Waals surface area (Å²) >= 11 is 0. The smallest absolute Gasteiger partial charge is 0.231 e. The first-order valence-corrected chi connectivity index (χ1v) is 5.90. The zero-order valence-corrected chi connectivity index (χ0v) is 11.1. The Balaban J connectivity index is 2.73. The lowest BCUT2D eigenvalue weighted by atomic mass is 9.85. The maximum atomic E-state index is 10.6. The molecule has 17 heavy (non-hydrogen) atoms. The summed E-state index contributed by atoms with van der Waals surface area (Å²) in [5.74, 6) is -0.325. The number of hydrogen-bond acceptors (Lipinski definition) is 2. The lowest BCUT2D eigenvalue weighted by Crippen LogP contribution is -2.28. The molecule has 0 fully saturated rings. The van der Waals surface area contributed by atoms with Gasteiger partial charge in [0.05, 0.1) is 6.54 Å². The molecule has 3 nitrogen and oxygen atoms in total. The van der Waals surface area contributed by atoms with E-state index in [1.807, 2.05) is 0 Å². The van der Waals surface area contributed by atoms with Gasteiger partial charge in [-0.3, -0.25) is 4.79 Å². The number of amides is 1. The second kappa shape index (κ2) is 5.32. The van der Waals surface area contributed by atoms with Crippen LogP contribution in [0.25, 0.3) is 0 Å². The van der Waals surface area contributed by atoms with Gasteiger partial charge in [0, 0.05) is 6.54 Å². The molecular weight excluding hydrogens is 212 g/mol. The Morgan fingerprint density at radius 2 is 2.00 bits per heavy atom. The first-order chi connectivity index (χ1) is 7.80. The first kappa shape index (κ1) is 13.7. The maximum Gasteiger partial charge on any atom is 0.231 e. The summed E-state index contributed by atoms with van der Waals surface area (Å²) in [5.41, 5.74) is 9.02. The van der Waals surface area contributed by atoms with Gasteiger partial charge >= 0.3 is 0 Å². The Bertz CT molecular complexity index is 405. The van der Waals surface area contributed by atoms with Gasteiger partial charge in [0.25, 0.3) is 0 Å². The molecule has 0 unspecified atom stereocenters. The van der Waals surface area contributed by atoms with Crippen LogP contribution < -0.4 is 11.1 Å². The van der Waals surface area contributed by atoms with E-state index >= 15 is 0 Å². The van der Waals surface area contributed by atoms with Crippen LogP contribution in [0.1, 0.15) is 37.5 Å². The minimum atomic E-state index is -0.325. The van der Waals surface area contributed by atoms with Crippen molar-refractivity contribution in [2.24, 2.45) is 5.73 Å². The number of aryl methyl sites for hydroxylation is 1. The van der Waals surface area contributed by atoms with E-state index in [2.05, 4.69) is 51.2 Å². The van der Waals surface area contributed by atoms with Gasteiger partial charge in [-0.2, -0.15) is 0 Å². The minimum absolute atomic E-state index is 0.171. The van der Waals surface area contributed by atoms with E-state index in [1.165, 1.54) is 16.7 Å². The highest BCUT2D eigenvalue weighted by atomic mass is 16.1. The fourth-order valence-electron chi connectivity index (χ4n) is 1.68. The molecule has 0 bridgehead atoms. The van der Waals surface area contributed by atoms with Gasteiger partial charge in [-0.15, -0.1) is 0 Å². The number of nitrogens with two attached hydrogens (primary N) is 1. The number of carbonyl (C=O) groups excluding carboxylic acids is 1. The van der Waals surface area contributed by atoms with Crippen molar-refractivity contribution < 1.29 is 4.79 Å². The predicted molar refractivity (Wildman–Crippen MR) is 70.8 cm³/mol. The number of rotatable bonds is 4. The van der Waals surface area contributed by atoms with Gasteiger partial charge in [-0.25, -0.2) is 0 Å². The summed E-state index contributed by atoms with van der Waals surface area (Å²) in [7, 11) is 0. The number of benzene rings is 1. The van der Waals surface area contributed by atoms with Crippen molar-refractivity contribution >= 4 is 5.91 Å². The monoisotopic (exact) mass is 234 g/mol. The van der Waals surface area contributed by atoms with E-state index in [-0.39, 0.29) is 17.9 Å². The topological polar surface area (TPSA) is 55.1 Å². The lowest BCUT2D eigenvalue weighted by Gasteiger charge is -2.20. The second-order valence-electron chi connectivity index (χ2n) is 5.46. The fraction of sp³-hybridized carbons (Fsp3) is 0.500. The Labute approximate surface area is 103 Å². The van der Waals surface area contributed by atoms with Gasteiger partial charge in [-0.1, -0.05) is 39.0 Å². The second-order valence-corrected chi connectivity index (χ2v) is 5.46. The molecule has 0 aliphatic carbocycles. The molecule has 0 saturated carbocycles. The van der Waals surface area contributed by atoms with Crippen molar-refractivity contribution in [3.8, 4) is 0 Å². The van der Waals surface area contributed by atoms with Gasteiger partial charge in [-0.05, 0) is 29.0 Å². The number of hydrogen-bond donors (Lipinski definition) is 2. The maximum absolute atomic E-state index is 10.6. The van der Waals surface area contributed by atoms with Crippen LogP contribution in [0.15, 0.2) is 18.2 Å². The van der Waals surface area contributed by atoms with Crippen LogP contribution >= 0.6 is 0 Å². The zero-order chi connectivity index (χ0) is 13.1. The fourth-order valence-corrected chi connectivity index (χ4v) is 1.68. The van der Waals surface area contributed by atoms with Gasteiger partial charge in [0.2, 0.25) is 5.91 Å². The molecule has 1 rings (SSSR count). The third-order valence-corrected chi connectivity index (χ3v) is 2.82. The quantitative estimate of drug-likeness (QED) is 0.835. The summed E-state index contributed by atoms with van der Waals surface area (Å²) in [6, 6.07) is 6.47. The van der Waals surface area contributed by atoms with Gasteiger partial charge in [0.1, 0.15) is 0 Å². The molecule has 1 amide bonds. The molecule has 1 aromatic rings. The highest BCUT2D eigenvalue weighted by Gasteiger charge is 2.14. The SMILES string of the molecule is Cc1cc(C(C)(C)C)ccc1CNCC(N)=O. The van der Waals surface area contributed by atoms with Gasteiger partial charge in [0.15, 0.2) is 0 Å². The molecule has 0 aliphatic rings. The van der Waals surface area contributed by atoms with Crippen molar-refractivity contribution in [3.63, 3.8) is 0 Å². The Morgan fingerprint density at radius 1 is 1.35 bits per heavy atom. The third kappa shape index (κ3) is 4.19. The molecule has 94 valence electrons. The van der Waals surface area contributed by atoms with E-state index < -0.39 is 0 Å². The number of primary amides is 1. The van der Waals surface area contributed by atoms with Crippen LogP contribution in [0.5, 0.6) is 0 Å². The predicted octanol–water partition coefficient (Wildman–Crippen LogP) is 1.87. The summed E-state index contributed by atoms with van der Waals surface area (Å²) in [6.07, 6.45) is 0. The molecular formula is C14H22N2O. The van der Waals surface area contributed by atoms with Crippen LogP contribution in [0.4, 0.5) is 0 Å². The zero-order valence-electron chi connectivity index (χ0n) is 11.1. The molecule has 0 radical (unpaired) electrons. The average molecular weight is 234 g/mol. The molecule has 0 saturated heterocycles. The van der Waals surface area contributed by atoms with E-state index in [9.17, 15) is 4.79 Å². The number of nitrogens with one attached hydrogen (secondary N) is 1. The normalized spacial score (nSPS) is 11.5. The standard InChI is InChI=1S/C14H22N2O/c1-10-7-12(14(2,3)4)6-5-11(10)8-16-9-13(15)17/h5-7,16H,8-9H2,1-4H3,(H2,15,17). The molecule has 0 atom stereocenters. The lowest BCUT2D eigenvalue weighted by molar-refractivity contribution is -0.117. The largest absolute Gasteiger partial charge is 0.369 e. The molecule has 3 N–H and O–H groups in total. The van der Waals surface area contributed by atoms with Crippen molar-refractivity contribution in [3.05, 3.63) is 34.9 Å². The highest BCUT2D eigenvalue weighted by Crippen LogP contribution is 2.24. The van der Waals surface area contributed by atoms with E-state index in [0.717, 1.165) is 0 Å². The Morgan fingerprint density at radius 3 is 2.47 bits per heavy atom. The number of carbonyl (C=O) groups is 1. The third-order valence-electron chi connectivity index (χ3n) is 2.82. The molecule has 0 spiro atoms. The van der Waals surface area contributed by atoms with Crippen molar-refractivity contribution in [1.29, 1.82) is 0 Å². The van der Waals surface area contributed by atoms with Crippen molar-refractivity contribution in [1.82, 2.24) is 5.32 Å².